The Bertz CT molecular complexity index is 396. The lowest BCUT2D eigenvalue weighted by atomic mass is 10.1. The van der Waals surface area contributed by atoms with Crippen molar-refractivity contribution in [1.82, 2.24) is 5.32 Å². The Hall–Kier alpha value is -1.35. The maximum Gasteiger partial charge on any atom is 0.231 e. The van der Waals surface area contributed by atoms with Crippen LogP contribution in [0, 0.1) is 0 Å². The van der Waals surface area contributed by atoms with E-state index in [-0.39, 0.29) is 5.91 Å². The molecule has 2 aliphatic rings. The third kappa shape index (κ3) is 1.35. The highest BCUT2D eigenvalue weighted by Crippen LogP contribution is 2.31. The Morgan fingerprint density at radius 2 is 2.20 bits per heavy atom. The van der Waals surface area contributed by atoms with Crippen LogP contribution in [0.3, 0.4) is 0 Å². The van der Waals surface area contributed by atoms with Gasteiger partial charge in [0.15, 0.2) is 0 Å². The van der Waals surface area contributed by atoms with Crippen molar-refractivity contribution < 1.29 is 4.79 Å². The predicted octanol–water partition coefficient (Wildman–Crippen LogP) is 0.938. The number of hydrogen-bond donors (Lipinski definition) is 1. The SMILES string of the molecule is O=C1Cc2ccccc2N1[C@@H]1CCNC1. The molecule has 0 aliphatic carbocycles. The second-order valence-electron chi connectivity index (χ2n) is 4.22. The van der Waals surface area contributed by atoms with Gasteiger partial charge < -0.3 is 10.2 Å². The quantitative estimate of drug-likeness (QED) is 0.735. The number of rotatable bonds is 1. The molecule has 1 saturated heterocycles. The molecule has 3 nitrogen and oxygen atoms in total. The summed E-state index contributed by atoms with van der Waals surface area (Å²) in [4.78, 5) is 13.9. The standard InChI is InChI=1S/C12H14N2O/c15-12-7-9-3-1-2-4-11(9)14(12)10-5-6-13-8-10/h1-4,10,13H,5-8H2/t10-/m1/s1. The molecule has 0 radical (unpaired) electrons. The smallest absolute Gasteiger partial charge is 0.231 e. The van der Waals surface area contributed by atoms with Gasteiger partial charge in [0.2, 0.25) is 5.91 Å². The minimum atomic E-state index is 0.255. The van der Waals surface area contributed by atoms with E-state index < -0.39 is 0 Å². The van der Waals surface area contributed by atoms with Crippen LogP contribution in [0.2, 0.25) is 0 Å². The fourth-order valence-corrected chi connectivity index (χ4v) is 2.54. The molecular weight excluding hydrogens is 188 g/mol. The first-order chi connectivity index (χ1) is 7.36. The topological polar surface area (TPSA) is 32.3 Å². The van der Waals surface area contributed by atoms with Gasteiger partial charge in [-0.05, 0) is 24.6 Å². The van der Waals surface area contributed by atoms with E-state index in [2.05, 4.69) is 17.4 Å². The molecule has 0 bridgehead atoms. The maximum atomic E-state index is 11.9. The van der Waals surface area contributed by atoms with Crippen molar-refractivity contribution in [1.29, 1.82) is 0 Å². The van der Waals surface area contributed by atoms with Crippen LogP contribution in [-0.2, 0) is 11.2 Å². The molecule has 3 rings (SSSR count). The minimum absolute atomic E-state index is 0.255. The van der Waals surface area contributed by atoms with Gasteiger partial charge in [0.05, 0.1) is 12.5 Å². The van der Waals surface area contributed by atoms with Gasteiger partial charge >= 0.3 is 0 Å². The van der Waals surface area contributed by atoms with Gasteiger partial charge in [-0.1, -0.05) is 18.2 Å². The summed E-state index contributed by atoms with van der Waals surface area (Å²) in [7, 11) is 0. The molecule has 1 amide bonds. The molecule has 0 spiro atoms. The Labute approximate surface area is 89.1 Å². The third-order valence-electron chi connectivity index (χ3n) is 3.26. The lowest BCUT2D eigenvalue weighted by Crippen LogP contribution is -2.39. The van der Waals surface area contributed by atoms with E-state index in [0.717, 1.165) is 25.2 Å². The zero-order valence-corrected chi connectivity index (χ0v) is 8.57. The summed E-state index contributed by atoms with van der Waals surface area (Å²) in [6, 6.07) is 8.48. The molecule has 1 atom stereocenters. The fourth-order valence-electron chi connectivity index (χ4n) is 2.54. The van der Waals surface area contributed by atoms with Crippen molar-refractivity contribution in [3.8, 4) is 0 Å². The number of amides is 1. The van der Waals surface area contributed by atoms with E-state index >= 15 is 0 Å². The highest BCUT2D eigenvalue weighted by molar-refractivity contribution is 6.01. The monoisotopic (exact) mass is 202 g/mol. The highest BCUT2D eigenvalue weighted by Gasteiger charge is 2.33. The normalized spacial score (nSPS) is 24.7. The average molecular weight is 202 g/mol. The first-order valence-electron chi connectivity index (χ1n) is 5.47. The van der Waals surface area contributed by atoms with Crippen LogP contribution in [-0.4, -0.2) is 25.0 Å². The molecule has 0 saturated carbocycles. The van der Waals surface area contributed by atoms with Crippen molar-refractivity contribution in [3.63, 3.8) is 0 Å². The van der Waals surface area contributed by atoms with Crippen molar-refractivity contribution >= 4 is 11.6 Å². The van der Waals surface area contributed by atoms with E-state index in [1.807, 2.05) is 17.0 Å². The number of hydrogen-bond acceptors (Lipinski definition) is 2. The molecule has 1 aromatic carbocycles. The number of benzene rings is 1. The molecule has 2 aliphatic heterocycles. The Balaban J connectivity index is 1.98. The van der Waals surface area contributed by atoms with Crippen LogP contribution in [0.4, 0.5) is 5.69 Å². The summed E-state index contributed by atoms with van der Waals surface area (Å²) < 4.78 is 0. The van der Waals surface area contributed by atoms with Crippen LogP contribution in [0.25, 0.3) is 0 Å². The molecule has 3 heteroatoms. The number of para-hydroxylation sites is 1. The van der Waals surface area contributed by atoms with Gasteiger partial charge in [-0.15, -0.1) is 0 Å². The molecule has 1 fully saturated rings. The van der Waals surface area contributed by atoms with Crippen LogP contribution in [0.15, 0.2) is 24.3 Å². The molecular formula is C12H14N2O. The second-order valence-corrected chi connectivity index (χ2v) is 4.22. The number of fused-ring (bicyclic) bond motifs is 1. The molecule has 0 unspecified atom stereocenters. The number of anilines is 1. The van der Waals surface area contributed by atoms with Crippen molar-refractivity contribution in [2.24, 2.45) is 0 Å². The zero-order valence-electron chi connectivity index (χ0n) is 8.57. The van der Waals surface area contributed by atoms with Crippen LogP contribution in [0.1, 0.15) is 12.0 Å². The summed E-state index contributed by atoms with van der Waals surface area (Å²) in [5, 5.41) is 3.31. The van der Waals surface area contributed by atoms with E-state index in [1.165, 1.54) is 5.56 Å². The summed E-state index contributed by atoms with van der Waals surface area (Å²) in [6.07, 6.45) is 1.65. The Morgan fingerprint density at radius 3 is 3.00 bits per heavy atom. The summed E-state index contributed by atoms with van der Waals surface area (Å²) in [6.45, 7) is 1.96. The molecule has 0 aromatic heterocycles. The minimum Gasteiger partial charge on any atom is -0.315 e. The number of carbonyl (C=O) groups excluding carboxylic acids is 1. The Kier molecular flexibility index (Phi) is 1.99. The van der Waals surface area contributed by atoms with Gasteiger partial charge in [-0.25, -0.2) is 0 Å². The largest absolute Gasteiger partial charge is 0.315 e. The second kappa shape index (κ2) is 3.35. The number of nitrogens with one attached hydrogen (secondary N) is 1. The van der Waals surface area contributed by atoms with Gasteiger partial charge in [-0.2, -0.15) is 0 Å². The molecule has 2 heterocycles. The molecule has 1 aromatic rings. The zero-order chi connectivity index (χ0) is 10.3. The summed E-state index contributed by atoms with van der Waals surface area (Å²) in [5.41, 5.74) is 2.30. The van der Waals surface area contributed by atoms with E-state index in [4.69, 9.17) is 0 Å². The van der Waals surface area contributed by atoms with Crippen molar-refractivity contribution in [2.75, 3.05) is 18.0 Å². The highest BCUT2D eigenvalue weighted by atomic mass is 16.2. The van der Waals surface area contributed by atoms with E-state index in [9.17, 15) is 4.79 Å². The van der Waals surface area contributed by atoms with Crippen molar-refractivity contribution in [2.45, 2.75) is 18.9 Å². The lowest BCUT2D eigenvalue weighted by Gasteiger charge is -2.24. The summed E-state index contributed by atoms with van der Waals surface area (Å²) >= 11 is 0. The molecule has 1 N–H and O–H groups in total. The molecule has 78 valence electrons. The van der Waals surface area contributed by atoms with E-state index in [0.29, 0.717) is 12.5 Å². The average Bonchev–Trinajstić information content (AvgIpc) is 2.82. The fraction of sp³-hybridized carbons (Fsp3) is 0.417. The summed E-state index contributed by atoms with van der Waals surface area (Å²) in [5.74, 6) is 0.255. The van der Waals surface area contributed by atoms with Gasteiger partial charge in [0.1, 0.15) is 0 Å². The van der Waals surface area contributed by atoms with Gasteiger partial charge in [0.25, 0.3) is 0 Å². The van der Waals surface area contributed by atoms with Crippen LogP contribution in [0.5, 0.6) is 0 Å². The third-order valence-corrected chi connectivity index (χ3v) is 3.26. The first-order valence-corrected chi connectivity index (χ1v) is 5.47. The van der Waals surface area contributed by atoms with E-state index in [1.54, 1.807) is 0 Å². The van der Waals surface area contributed by atoms with Crippen LogP contribution >= 0.6 is 0 Å². The number of carbonyl (C=O) groups is 1. The van der Waals surface area contributed by atoms with Gasteiger partial charge in [-0.3, -0.25) is 4.79 Å². The van der Waals surface area contributed by atoms with Gasteiger partial charge in [0, 0.05) is 12.2 Å². The first kappa shape index (κ1) is 8.92. The van der Waals surface area contributed by atoms with Crippen molar-refractivity contribution in [3.05, 3.63) is 29.8 Å². The molecule has 15 heavy (non-hydrogen) atoms. The Morgan fingerprint density at radius 1 is 1.33 bits per heavy atom. The maximum absolute atomic E-state index is 11.9. The number of nitrogens with zero attached hydrogens (tertiary/aromatic N) is 1. The van der Waals surface area contributed by atoms with Crippen LogP contribution < -0.4 is 10.2 Å². The lowest BCUT2D eigenvalue weighted by molar-refractivity contribution is -0.117. The predicted molar refractivity (Wildman–Crippen MR) is 58.9 cm³/mol.